The van der Waals surface area contributed by atoms with Crippen molar-refractivity contribution in [2.24, 2.45) is 0 Å². The second kappa shape index (κ2) is 15.2. The van der Waals surface area contributed by atoms with Crippen LogP contribution in [-0.2, 0) is 19.0 Å². The zero-order valence-electron chi connectivity index (χ0n) is 30.4. The number of fused-ring (bicyclic) bond motifs is 1. The Kier molecular flexibility index (Phi) is 11.2. The van der Waals surface area contributed by atoms with Crippen LogP contribution in [0.3, 0.4) is 0 Å². The summed E-state index contributed by atoms with van der Waals surface area (Å²) >= 11 is 0. The first kappa shape index (κ1) is 36.8. The third kappa shape index (κ3) is 8.11. The zero-order chi connectivity index (χ0) is 36.2. The van der Waals surface area contributed by atoms with E-state index in [2.05, 4.69) is 25.0 Å². The third-order valence-corrected chi connectivity index (χ3v) is 9.05. The number of hydrogen-bond acceptors (Lipinski definition) is 7. The fourth-order valence-electron chi connectivity index (χ4n) is 6.50. The summed E-state index contributed by atoms with van der Waals surface area (Å²) in [5, 5.41) is 0. The Labute approximate surface area is 295 Å². The van der Waals surface area contributed by atoms with Crippen LogP contribution in [0.4, 0.5) is 10.2 Å². The van der Waals surface area contributed by atoms with Gasteiger partial charge in [0.25, 0.3) is 0 Å². The monoisotopic (exact) mass is 683 g/mol. The van der Waals surface area contributed by atoms with Crippen molar-refractivity contribution >= 4 is 17.4 Å². The number of benzene rings is 2. The number of esters is 1. The molecule has 0 spiro atoms. The largest absolute Gasteiger partial charge is 0.487 e. The number of rotatable bonds is 13. The van der Waals surface area contributed by atoms with Crippen LogP contribution in [0.2, 0.25) is 0 Å². The molecule has 8 nitrogen and oxygen atoms in total. The molecule has 3 heterocycles. The van der Waals surface area contributed by atoms with Gasteiger partial charge in [0, 0.05) is 42.4 Å². The summed E-state index contributed by atoms with van der Waals surface area (Å²) in [5.74, 6) is 0.147. The van der Waals surface area contributed by atoms with Gasteiger partial charge in [-0.2, -0.15) is 0 Å². The minimum Gasteiger partial charge on any atom is -0.487 e. The normalized spacial score (nSPS) is 15.8. The van der Waals surface area contributed by atoms with Gasteiger partial charge in [-0.25, -0.2) is 14.2 Å². The number of carbonyl (C=O) groups is 1. The van der Waals surface area contributed by atoms with E-state index in [-0.39, 0.29) is 17.5 Å². The third-order valence-electron chi connectivity index (χ3n) is 9.05. The fourth-order valence-corrected chi connectivity index (χ4v) is 6.50. The molecule has 0 saturated carbocycles. The van der Waals surface area contributed by atoms with Gasteiger partial charge in [-0.1, -0.05) is 42.5 Å². The maximum absolute atomic E-state index is 15.1. The van der Waals surface area contributed by atoms with Crippen LogP contribution >= 0.6 is 0 Å². The first-order valence-corrected chi connectivity index (χ1v) is 17.2. The van der Waals surface area contributed by atoms with E-state index in [9.17, 15) is 4.79 Å². The number of nitrogens with zero attached hydrogens (tertiary/aromatic N) is 3. The number of methoxy groups -OCH3 is 1. The molecule has 1 saturated heterocycles. The molecule has 9 heteroatoms. The van der Waals surface area contributed by atoms with Gasteiger partial charge in [0.2, 0.25) is 0 Å². The molecule has 266 valence electrons. The molecule has 0 bridgehead atoms. The number of pyridine rings is 1. The Morgan fingerprint density at radius 3 is 2.44 bits per heavy atom. The molecule has 1 unspecified atom stereocenters. The molecular weight excluding hydrogens is 633 g/mol. The number of para-hydroxylation sites is 1. The highest BCUT2D eigenvalue weighted by Gasteiger charge is 2.37. The maximum Gasteiger partial charge on any atom is 0.339 e. The zero-order valence-corrected chi connectivity index (χ0v) is 30.4. The molecule has 2 aromatic carbocycles. The fraction of sp³-hybridized carbons (Fsp3) is 0.415. The smallest absolute Gasteiger partial charge is 0.339 e. The van der Waals surface area contributed by atoms with Crippen molar-refractivity contribution in [1.29, 1.82) is 0 Å². The van der Waals surface area contributed by atoms with Crippen molar-refractivity contribution in [2.45, 2.75) is 84.2 Å². The van der Waals surface area contributed by atoms with Crippen LogP contribution in [0.1, 0.15) is 71.1 Å². The quantitative estimate of drug-likeness (QED) is 0.103. The van der Waals surface area contributed by atoms with E-state index < -0.39 is 23.5 Å². The first-order valence-electron chi connectivity index (χ1n) is 17.2. The van der Waals surface area contributed by atoms with Gasteiger partial charge in [-0.3, -0.25) is 4.40 Å². The van der Waals surface area contributed by atoms with E-state index in [1.807, 2.05) is 81.6 Å². The van der Waals surface area contributed by atoms with E-state index in [0.29, 0.717) is 31.7 Å². The average Bonchev–Trinajstić information content (AvgIpc) is 3.50. The van der Waals surface area contributed by atoms with Gasteiger partial charge in [0.05, 0.1) is 36.7 Å². The Bertz CT molecular complexity index is 1850. The number of anilines is 1. The summed E-state index contributed by atoms with van der Waals surface area (Å²) < 4.78 is 41.2. The van der Waals surface area contributed by atoms with Crippen LogP contribution in [-0.4, -0.2) is 59.5 Å². The molecule has 1 aliphatic heterocycles. The van der Waals surface area contributed by atoms with E-state index in [0.717, 1.165) is 52.3 Å². The molecule has 0 radical (unpaired) electrons. The van der Waals surface area contributed by atoms with E-state index in [1.165, 1.54) is 13.2 Å². The van der Waals surface area contributed by atoms with E-state index >= 15 is 4.39 Å². The topological polar surface area (TPSA) is 74.5 Å². The molecular formula is C41H50FN3O5. The van der Waals surface area contributed by atoms with Crippen molar-refractivity contribution in [3.63, 3.8) is 0 Å². The molecule has 5 rings (SSSR count). The summed E-state index contributed by atoms with van der Waals surface area (Å²) in [4.78, 5) is 20.8. The minimum atomic E-state index is -0.964. The molecule has 1 fully saturated rings. The number of piperidine rings is 1. The standard InChI is InChI=1S/C41H50FN3O5/c1-10-14-28(4)49-36-31(17-13-18-32(36)42)29-15-12-16-30(25-29)33-26-45-34(43-33)24-27(3)35(37(39(46)47-9)50-40(5,6)7)38(45)44-21-19-41(8,20-22-44)48-23-11-2/h10-13,15-18,24-26,28,37H,1-2,14,19-23H2,3-9H3/t28-,37?/m0/s1. The lowest BCUT2D eigenvalue weighted by Crippen LogP contribution is -2.45. The lowest BCUT2D eigenvalue weighted by molar-refractivity contribution is -0.164. The summed E-state index contributed by atoms with van der Waals surface area (Å²) in [6, 6.07) is 14.8. The molecule has 2 atom stereocenters. The Morgan fingerprint density at radius 1 is 1.08 bits per heavy atom. The van der Waals surface area contributed by atoms with Gasteiger partial charge in [-0.15, -0.1) is 13.2 Å². The minimum absolute atomic E-state index is 0.207. The van der Waals surface area contributed by atoms with Crippen LogP contribution in [0.15, 0.2) is 80.0 Å². The van der Waals surface area contributed by atoms with Gasteiger partial charge in [0.1, 0.15) is 11.5 Å². The highest BCUT2D eigenvalue weighted by Crippen LogP contribution is 2.40. The van der Waals surface area contributed by atoms with Crippen LogP contribution < -0.4 is 9.64 Å². The SMILES string of the molecule is C=CCOC1(C)CCN(c2c(C(OC(C)(C)C)C(=O)OC)c(C)cc3nc(-c4cccc(-c5cccc(F)c5O[C@@H](C)CC=C)c4)cn23)CC1. The summed E-state index contributed by atoms with van der Waals surface area (Å²) in [6.45, 7) is 21.3. The van der Waals surface area contributed by atoms with Crippen molar-refractivity contribution < 1.29 is 28.1 Å². The van der Waals surface area contributed by atoms with Crippen molar-refractivity contribution in [1.82, 2.24) is 9.38 Å². The highest BCUT2D eigenvalue weighted by molar-refractivity contribution is 5.81. The lowest BCUT2D eigenvalue weighted by atomic mass is 9.92. The van der Waals surface area contributed by atoms with Crippen LogP contribution in [0, 0.1) is 12.7 Å². The number of ether oxygens (including phenoxy) is 4. The first-order chi connectivity index (χ1) is 23.8. The molecule has 2 aromatic heterocycles. The Morgan fingerprint density at radius 2 is 1.78 bits per heavy atom. The molecule has 0 aliphatic carbocycles. The number of carbonyl (C=O) groups excluding carboxylic acids is 1. The summed E-state index contributed by atoms with van der Waals surface area (Å²) in [5.41, 5.74) is 4.45. The molecule has 50 heavy (non-hydrogen) atoms. The second-order valence-electron chi connectivity index (χ2n) is 14.2. The van der Waals surface area contributed by atoms with Gasteiger partial charge >= 0.3 is 5.97 Å². The molecule has 4 aromatic rings. The Balaban J connectivity index is 1.64. The number of aryl methyl sites for hydroxylation is 1. The van der Waals surface area contributed by atoms with E-state index in [1.54, 1.807) is 18.2 Å². The van der Waals surface area contributed by atoms with Gasteiger partial charge in [0.15, 0.2) is 17.7 Å². The van der Waals surface area contributed by atoms with Crippen LogP contribution in [0.5, 0.6) is 5.75 Å². The lowest BCUT2D eigenvalue weighted by Gasteiger charge is -2.41. The van der Waals surface area contributed by atoms with Crippen molar-refractivity contribution in [3.8, 4) is 28.1 Å². The predicted molar refractivity (Wildman–Crippen MR) is 197 cm³/mol. The van der Waals surface area contributed by atoms with E-state index in [4.69, 9.17) is 23.9 Å². The molecule has 0 N–H and O–H groups in total. The average molecular weight is 684 g/mol. The number of halogens is 1. The van der Waals surface area contributed by atoms with Crippen LogP contribution in [0.25, 0.3) is 28.0 Å². The predicted octanol–water partition coefficient (Wildman–Crippen LogP) is 9.05. The summed E-state index contributed by atoms with van der Waals surface area (Å²) in [7, 11) is 1.38. The Hall–Kier alpha value is -4.47. The number of imidazole rings is 1. The highest BCUT2D eigenvalue weighted by atomic mass is 19.1. The molecule has 0 amide bonds. The number of hydrogen-bond donors (Lipinski definition) is 0. The number of aromatic nitrogens is 2. The van der Waals surface area contributed by atoms with Gasteiger partial charge < -0.3 is 23.8 Å². The van der Waals surface area contributed by atoms with Crippen molar-refractivity contribution in [2.75, 3.05) is 31.7 Å². The van der Waals surface area contributed by atoms with Gasteiger partial charge in [-0.05, 0) is 83.7 Å². The summed E-state index contributed by atoms with van der Waals surface area (Å²) in [6.07, 6.45) is 6.49. The second-order valence-corrected chi connectivity index (χ2v) is 14.2. The molecule has 1 aliphatic rings. The van der Waals surface area contributed by atoms with Crippen molar-refractivity contribution in [3.05, 3.63) is 97.0 Å². The maximum atomic E-state index is 15.1.